The molecule has 2 aromatic rings. The molecule has 0 atom stereocenters. The number of nitrogens with zero attached hydrogens (tertiary/aromatic N) is 2. The third-order valence-corrected chi connectivity index (χ3v) is 4.12. The molecule has 0 saturated carbocycles. The fraction of sp³-hybridized carbons (Fsp3) is 0.278. The molecule has 2 nitrogen and oxygen atoms in total. The van der Waals surface area contributed by atoms with E-state index in [-0.39, 0.29) is 0 Å². The third-order valence-electron chi connectivity index (χ3n) is 3.65. The fourth-order valence-electron chi connectivity index (χ4n) is 2.10. The van der Waals surface area contributed by atoms with Crippen molar-refractivity contribution in [1.82, 2.24) is 4.90 Å². The van der Waals surface area contributed by atoms with E-state index in [1.807, 2.05) is 54.7 Å². The molecule has 0 bridgehead atoms. The van der Waals surface area contributed by atoms with Crippen LogP contribution in [0.4, 0.5) is 5.69 Å². The molecule has 0 amide bonds. The quantitative estimate of drug-likeness (QED) is 0.520. The van der Waals surface area contributed by atoms with Crippen LogP contribution in [0.3, 0.4) is 0 Å². The van der Waals surface area contributed by atoms with Gasteiger partial charge in [-0.2, -0.15) is 0 Å². The molecule has 0 fully saturated rings. The first-order valence-electron chi connectivity index (χ1n) is 7.27. The highest BCUT2D eigenvalue weighted by atomic mass is 35.5. The van der Waals surface area contributed by atoms with Crippen LogP contribution < -0.4 is 0 Å². The van der Waals surface area contributed by atoms with Gasteiger partial charge in [0.1, 0.15) is 0 Å². The average molecular weight is 335 g/mol. The summed E-state index contributed by atoms with van der Waals surface area (Å²) in [6, 6.07) is 11.8. The van der Waals surface area contributed by atoms with Crippen LogP contribution in [0.15, 0.2) is 41.4 Å². The zero-order valence-electron chi connectivity index (χ0n) is 13.1. The summed E-state index contributed by atoms with van der Waals surface area (Å²) in [4.78, 5) is 6.58. The Kier molecular flexibility index (Phi) is 5.87. The normalized spacial score (nSPS) is 11.1. The van der Waals surface area contributed by atoms with E-state index < -0.39 is 0 Å². The molecule has 0 spiro atoms. The summed E-state index contributed by atoms with van der Waals surface area (Å²) in [5.74, 6) is 0. The molecule has 116 valence electrons. The minimum Gasteiger partial charge on any atom is -0.366 e. The maximum Gasteiger partial charge on any atom is 0.0909 e. The lowest BCUT2D eigenvalue weighted by Crippen LogP contribution is -2.14. The van der Waals surface area contributed by atoms with Gasteiger partial charge in [0, 0.05) is 23.6 Å². The van der Waals surface area contributed by atoms with Crippen LogP contribution in [0.25, 0.3) is 0 Å². The van der Waals surface area contributed by atoms with Gasteiger partial charge >= 0.3 is 0 Å². The van der Waals surface area contributed by atoms with Crippen molar-refractivity contribution in [1.29, 1.82) is 0 Å². The highest BCUT2D eigenvalue weighted by Gasteiger charge is 2.07. The molecule has 0 aliphatic carbocycles. The van der Waals surface area contributed by atoms with Gasteiger partial charge in [0.2, 0.25) is 0 Å². The summed E-state index contributed by atoms with van der Waals surface area (Å²) in [7, 11) is 2.00. The molecule has 0 heterocycles. The molecular weight excluding hydrogens is 315 g/mol. The molecule has 0 unspecified atom stereocenters. The van der Waals surface area contributed by atoms with Crippen molar-refractivity contribution in [3.8, 4) is 0 Å². The van der Waals surface area contributed by atoms with E-state index >= 15 is 0 Å². The molecule has 0 saturated heterocycles. The first-order chi connectivity index (χ1) is 10.5. The Balaban J connectivity index is 2.30. The molecule has 0 aromatic heterocycles. The maximum absolute atomic E-state index is 6.25. The molecule has 22 heavy (non-hydrogen) atoms. The monoisotopic (exact) mass is 334 g/mol. The summed E-state index contributed by atoms with van der Waals surface area (Å²) >= 11 is 12.2. The Labute approximate surface area is 142 Å². The van der Waals surface area contributed by atoms with Crippen molar-refractivity contribution >= 4 is 35.2 Å². The number of halogens is 2. The second kappa shape index (κ2) is 7.66. The van der Waals surface area contributed by atoms with Crippen molar-refractivity contribution < 1.29 is 0 Å². The van der Waals surface area contributed by atoms with Crippen LogP contribution >= 0.6 is 23.2 Å². The summed E-state index contributed by atoms with van der Waals surface area (Å²) in [5, 5.41) is 1.46. The maximum atomic E-state index is 6.25. The largest absolute Gasteiger partial charge is 0.366 e. The van der Waals surface area contributed by atoms with E-state index in [2.05, 4.69) is 18.8 Å². The number of hydrogen-bond acceptors (Lipinski definition) is 1. The van der Waals surface area contributed by atoms with Crippen molar-refractivity contribution in [2.24, 2.45) is 4.99 Å². The minimum absolute atomic E-state index is 0.709. The predicted octanol–water partition coefficient (Wildman–Crippen LogP) is 5.50. The lowest BCUT2D eigenvalue weighted by Gasteiger charge is -2.12. The summed E-state index contributed by atoms with van der Waals surface area (Å²) < 4.78 is 0. The first-order valence-corrected chi connectivity index (χ1v) is 8.03. The predicted molar refractivity (Wildman–Crippen MR) is 96.9 cm³/mol. The Hall–Kier alpha value is -1.51. The molecule has 2 rings (SSSR count). The highest BCUT2D eigenvalue weighted by Crippen LogP contribution is 2.29. The summed E-state index contributed by atoms with van der Waals surface area (Å²) in [5.41, 5.74) is 4.45. The number of benzene rings is 2. The number of rotatable bonds is 5. The van der Waals surface area contributed by atoms with E-state index in [1.165, 1.54) is 11.1 Å². The molecule has 0 radical (unpaired) electrons. The Bertz CT molecular complexity index is 664. The zero-order valence-corrected chi connectivity index (χ0v) is 14.6. The summed E-state index contributed by atoms with van der Waals surface area (Å²) in [6.45, 7) is 5.09. The van der Waals surface area contributed by atoms with Crippen LogP contribution in [0.1, 0.15) is 23.6 Å². The number of hydrogen-bond donors (Lipinski definition) is 0. The average Bonchev–Trinajstić information content (AvgIpc) is 2.50. The van der Waals surface area contributed by atoms with Crippen LogP contribution in [0, 0.1) is 6.92 Å². The van der Waals surface area contributed by atoms with Crippen molar-refractivity contribution in [3.05, 3.63) is 63.1 Å². The lowest BCUT2D eigenvalue weighted by atomic mass is 9.99. The van der Waals surface area contributed by atoms with E-state index in [0.29, 0.717) is 5.02 Å². The van der Waals surface area contributed by atoms with Crippen LogP contribution in [0.5, 0.6) is 0 Å². The van der Waals surface area contributed by atoms with Gasteiger partial charge in [0.15, 0.2) is 0 Å². The molecule has 4 heteroatoms. The second-order valence-corrected chi connectivity index (χ2v) is 6.20. The molecular formula is C18H20Cl2N2. The Morgan fingerprint density at radius 3 is 2.41 bits per heavy atom. The Morgan fingerprint density at radius 1 is 1.09 bits per heavy atom. The lowest BCUT2D eigenvalue weighted by molar-refractivity contribution is 0.552. The molecule has 0 N–H and O–H groups in total. The van der Waals surface area contributed by atoms with Crippen LogP contribution in [-0.4, -0.2) is 24.8 Å². The standard InChI is InChI=1S/C18H20Cl2N2/c1-4-22(3)12-21-18-11-17(20)10-15(13(18)2)9-14-5-7-16(19)8-6-14/h5-8,10-12H,4,9H2,1-3H3/b21-12-. The molecule has 2 aromatic carbocycles. The topological polar surface area (TPSA) is 15.6 Å². The van der Waals surface area contributed by atoms with E-state index in [0.717, 1.165) is 29.2 Å². The summed E-state index contributed by atoms with van der Waals surface area (Å²) in [6.07, 6.45) is 2.65. The van der Waals surface area contributed by atoms with Gasteiger partial charge in [-0.3, -0.25) is 0 Å². The van der Waals surface area contributed by atoms with Gasteiger partial charge in [0.05, 0.1) is 12.0 Å². The SMILES string of the molecule is CCN(C)/C=N\c1cc(Cl)cc(Cc2ccc(Cl)cc2)c1C. The zero-order chi connectivity index (χ0) is 16.1. The van der Waals surface area contributed by atoms with Gasteiger partial charge in [-0.1, -0.05) is 35.3 Å². The molecule has 0 aliphatic rings. The van der Waals surface area contributed by atoms with Crippen molar-refractivity contribution in [2.45, 2.75) is 20.3 Å². The van der Waals surface area contributed by atoms with E-state index in [1.54, 1.807) is 0 Å². The van der Waals surface area contributed by atoms with Gasteiger partial charge in [0.25, 0.3) is 0 Å². The van der Waals surface area contributed by atoms with E-state index in [4.69, 9.17) is 23.2 Å². The number of aliphatic imine (C=N–C) groups is 1. The molecule has 0 aliphatic heterocycles. The smallest absolute Gasteiger partial charge is 0.0909 e. The highest BCUT2D eigenvalue weighted by molar-refractivity contribution is 6.31. The Morgan fingerprint density at radius 2 is 1.77 bits per heavy atom. The van der Waals surface area contributed by atoms with Gasteiger partial charge in [-0.15, -0.1) is 0 Å². The minimum atomic E-state index is 0.709. The van der Waals surface area contributed by atoms with Crippen LogP contribution in [-0.2, 0) is 6.42 Å². The third kappa shape index (κ3) is 4.49. The first kappa shape index (κ1) is 16.9. The van der Waals surface area contributed by atoms with Gasteiger partial charge in [-0.05, 0) is 61.2 Å². The van der Waals surface area contributed by atoms with E-state index in [9.17, 15) is 0 Å². The van der Waals surface area contributed by atoms with Crippen molar-refractivity contribution in [2.75, 3.05) is 13.6 Å². The van der Waals surface area contributed by atoms with Gasteiger partial charge < -0.3 is 4.90 Å². The van der Waals surface area contributed by atoms with Crippen molar-refractivity contribution in [3.63, 3.8) is 0 Å². The second-order valence-electron chi connectivity index (χ2n) is 5.33. The van der Waals surface area contributed by atoms with Crippen LogP contribution in [0.2, 0.25) is 10.0 Å². The fourth-order valence-corrected chi connectivity index (χ4v) is 2.46. The van der Waals surface area contributed by atoms with Gasteiger partial charge in [-0.25, -0.2) is 4.99 Å².